The maximum atomic E-state index is 12.5. The van der Waals surface area contributed by atoms with Gasteiger partial charge in [0.2, 0.25) is 0 Å². The lowest BCUT2D eigenvalue weighted by molar-refractivity contribution is -0.130. The highest BCUT2D eigenvalue weighted by Crippen LogP contribution is 2.63. The van der Waals surface area contributed by atoms with Crippen molar-refractivity contribution in [2.45, 2.75) is 64.9 Å². The summed E-state index contributed by atoms with van der Waals surface area (Å²) in [5, 5.41) is 23.3. The predicted octanol–water partition coefficient (Wildman–Crippen LogP) is 3.32. The molecule has 2 N–H and O–H groups in total. The number of oxime groups is 1. The Hall–Kier alpha value is -1.16. The van der Waals surface area contributed by atoms with Crippen LogP contribution in [0.3, 0.4) is 0 Å². The third-order valence-electron chi connectivity index (χ3n) is 7.76. The molecule has 0 aliphatic heterocycles. The van der Waals surface area contributed by atoms with E-state index in [1.165, 1.54) is 5.57 Å². The van der Waals surface area contributed by atoms with Crippen molar-refractivity contribution in [2.24, 2.45) is 33.7 Å². The van der Waals surface area contributed by atoms with E-state index in [1.807, 2.05) is 6.08 Å². The molecule has 3 fully saturated rings. The third-order valence-corrected chi connectivity index (χ3v) is 7.76. The van der Waals surface area contributed by atoms with Crippen LogP contribution in [-0.2, 0) is 4.79 Å². The Kier molecular flexibility index (Phi) is 3.29. The number of rotatable bonds is 0. The molecule has 4 heteroatoms. The number of fused-ring (bicyclic) bond motifs is 5. The van der Waals surface area contributed by atoms with Gasteiger partial charge in [-0.15, -0.1) is 0 Å². The average molecular weight is 317 g/mol. The van der Waals surface area contributed by atoms with Crippen LogP contribution < -0.4 is 0 Å². The molecule has 126 valence electrons. The van der Waals surface area contributed by atoms with Crippen LogP contribution >= 0.6 is 0 Å². The van der Waals surface area contributed by atoms with Crippen LogP contribution in [0.2, 0.25) is 0 Å². The minimum Gasteiger partial charge on any atom is -0.411 e. The Bertz CT molecular complexity index is 610. The monoisotopic (exact) mass is 317 g/mol. The Morgan fingerprint density at radius 1 is 1.13 bits per heavy atom. The van der Waals surface area contributed by atoms with E-state index in [-0.39, 0.29) is 22.9 Å². The van der Waals surface area contributed by atoms with Gasteiger partial charge in [-0.05, 0) is 61.9 Å². The van der Waals surface area contributed by atoms with Crippen LogP contribution in [0.25, 0.3) is 0 Å². The highest BCUT2D eigenvalue weighted by molar-refractivity contribution is 6.00. The van der Waals surface area contributed by atoms with Crippen LogP contribution in [0.4, 0.5) is 0 Å². The molecule has 0 aromatic carbocycles. The van der Waals surface area contributed by atoms with Crippen molar-refractivity contribution < 1.29 is 15.1 Å². The van der Waals surface area contributed by atoms with E-state index in [0.717, 1.165) is 37.8 Å². The van der Waals surface area contributed by atoms with Crippen LogP contribution in [0, 0.1) is 28.6 Å². The van der Waals surface area contributed by atoms with Gasteiger partial charge in [-0.2, -0.15) is 0 Å². The van der Waals surface area contributed by atoms with Gasteiger partial charge in [0.1, 0.15) is 5.78 Å². The first kappa shape index (κ1) is 15.4. The summed E-state index contributed by atoms with van der Waals surface area (Å²) in [5.41, 5.74) is 1.86. The van der Waals surface area contributed by atoms with Gasteiger partial charge in [0.25, 0.3) is 0 Å². The van der Waals surface area contributed by atoms with E-state index >= 15 is 0 Å². The molecular formula is C19H27NO3. The summed E-state index contributed by atoms with van der Waals surface area (Å²) in [5.74, 6) is 1.33. The van der Waals surface area contributed by atoms with Crippen molar-refractivity contribution >= 4 is 11.5 Å². The normalized spacial score (nSPS) is 51.0. The first-order valence-electron chi connectivity index (χ1n) is 9.04. The van der Waals surface area contributed by atoms with Crippen LogP contribution in [0.5, 0.6) is 0 Å². The maximum Gasteiger partial charge on any atom is 0.139 e. The lowest BCUT2D eigenvalue weighted by Gasteiger charge is -2.56. The van der Waals surface area contributed by atoms with E-state index in [9.17, 15) is 15.1 Å². The van der Waals surface area contributed by atoms with E-state index in [4.69, 9.17) is 0 Å². The second-order valence-corrected chi connectivity index (χ2v) is 8.67. The highest BCUT2D eigenvalue weighted by Gasteiger charge is 2.60. The zero-order valence-electron chi connectivity index (χ0n) is 14.1. The number of carbonyl (C=O) groups excluding carboxylic acids is 1. The lowest BCUT2D eigenvalue weighted by atomic mass is 9.47. The average Bonchev–Trinajstić information content (AvgIpc) is 2.83. The van der Waals surface area contributed by atoms with Crippen molar-refractivity contribution in [1.29, 1.82) is 0 Å². The number of Topliss-reactive ketones (excluding diaryl/α,β-unsaturated/α-hetero) is 1. The fraction of sp³-hybridized carbons (Fsp3) is 0.789. The first-order chi connectivity index (χ1) is 10.9. The van der Waals surface area contributed by atoms with Gasteiger partial charge < -0.3 is 10.3 Å². The van der Waals surface area contributed by atoms with Crippen molar-refractivity contribution in [2.75, 3.05) is 0 Å². The van der Waals surface area contributed by atoms with E-state index in [1.54, 1.807) is 0 Å². The molecule has 0 radical (unpaired) electrons. The zero-order valence-corrected chi connectivity index (χ0v) is 14.1. The molecule has 0 aromatic heterocycles. The lowest BCUT2D eigenvalue weighted by Crippen LogP contribution is -2.53. The molecule has 4 aliphatic carbocycles. The van der Waals surface area contributed by atoms with Crippen LogP contribution in [0.1, 0.15) is 58.8 Å². The number of hydrogen-bond donors (Lipinski definition) is 2. The number of ketones is 1. The Morgan fingerprint density at radius 3 is 2.57 bits per heavy atom. The molecule has 0 saturated heterocycles. The largest absolute Gasteiger partial charge is 0.411 e. The van der Waals surface area contributed by atoms with Gasteiger partial charge in [0.15, 0.2) is 0 Å². The minimum atomic E-state index is -0.271. The summed E-state index contributed by atoms with van der Waals surface area (Å²) in [6.07, 6.45) is 7.90. The molecule has 4 nitrogen and oxygen atoms in total. The summed E-state index contributed by atoms with van der Waals surface area (Å²) in [7, 11) is 0. The van der Waals surface area contributed by atoms with Gasteiger partial charge in [-0.1, -0.05) is 24.6 Å². The van der Waals surface area contributed by atoms with Crippen molar-refractivity contribution in [1.82, 2.24) is 0 Å². The molecule has 0 spiro atoms. The van der Waals surface area contributed by atoms with Gasteiger partial charge in [-0.3, -0.25) is 4.79 Å². The Balaban J connectivity index is 1.80. The summed E-state index contributed by atoms with van der Waals surface area (Å²) < 4.78 is 0. The molecule has 0 bridgehead atoms. The van der Waals surface area contributed by atoms with Crippen LogP contribution in [-0.4, -0.2) is 27.9 Å². The molecule has 0 amide bonds. The number of aliphatic hydroxyl groups excluding tert-OH is 1. The smallest absolute Gasteiger partial charge is 0.139 e. The minimum absolute atomic E-state index is 0.0883. The summed E-state index contributed by atoms with van der Waals surface area (Å²) in [4.78, 5) is 12.5. The van der Waals surface area contributed by atoms with Crippen molar-refractivity contribution in [3.63, 3.8) is 0 Å². The summed E-state index contributed by atoms with van der Waals surface area (Å²) in [6, 6.07) is 0. The number of carbonyl (C=O) groups is 1. The SMILES string of the molecule is C[C@]12CC[C@H](O)CC1=CC(=NO)C1C2CC[C@]2(C)C(=O)CCC12. The van der Waals surface area contributed by atoms with E-state index in [0.29, 0.717) is 30.5 Å². The quantitative estimate of drug-likeness (QED) is 0.532. The molecule has 23 heavy (non-hydrogen) atoms. The van der Waals surface area contributed by atoms with Gasteiger partial charge in [0.05, 0.1) is 11.8 Å². The summed E-state index contributed by atoms with van der Waals surface area (Å²) >= 11 is 0. The van der Waals surface area contributed by atoms with Gasteiger partial charge in [0, 0.05) is 17.8 Å². The van der Waals surface area contributed by atoms with E-state index < -0.39 is 0 Å². The van der Waals surface area contributed by atoms with Crippen molar-refractivity contribution in [3.8, 4) is 0 Å². The first-order valence-corrected chi connectivity index (χ1v) is 9.04. The predicted molar refractivity (Wildman–Crippen MR) is 87.3 cm³/mol. The zero-order chi connectivity index (χ0) is 16.4. The Labute approximate surface area is 137 Å². The standard InChI is InChI=1S/C19H27NO3/c1-18-7-5-12(21)9-11(18)10-15(20-23)17-13-3-4-16(22)19(13,2)8-6-14(17)18/h10,12-14,17,21,23H,3-9H2,1-2H3/t12-,13?,14?,17?,18-,19-/m0/s1. The topological polar surface area (TPSA) is 69.9 Å². The second kappa shape index (κ2) is 4.92. The second-order valence-electron chi connectivity index (χ2n) is 8.67. The molecule has 6 atom stereocenters. The highest BCUT2D eigenvalue weighted by atomic mass is 16.4. The molecule has 3 saturated carbocycles. The fourth-order valence-corrected chi connectivity index (χ4v) is 6.27. The molecule has 0 aromatic rings. The third kappa shape index (κ3) is 1.93. The molecule has 4 aliphatic rings. The number of aliphatic hydroxyl groups is 1. The molecule has 0 heterocycles. The number of nitrogens with zero attached hydrogens (tertiary/aromatic N) is 1. The van der Waals surface area contributed by atoms with Gasteiger partial charge >= 0.3 is 0 Å². The molecular weight excluding hydrogens is 290 g/mol. The van der Waals surface area contributed by atoms with Crippen molar-refractivity contribution in [3.05, 3.63) is 11.6 Å². The number of allylic oxidation sites excluding steroid dienone is 1. The van der Waals surface area contributed by atoms with Crippen LogP contribution in [0.15, 0.2) is 16.8 Å². The number of hydrogen-bond acceptors (Lipinski definition) is 4. The summed E-state index contributed by atoms with van der Waals surface area (Å²) in [6.45, 7) is 4.46. The Morgan fingerprint density at radius 2 is 1.83 bits per heavy atom. The fourth-order valence-electron chi connectivity index (χ4n) is 6.27. The maximum absolute atomic E-state index is 12.5. The molecule has 4 rings (SSSR count). The van der Waals surface area contributed by atoms with E-state index in [2.05, 4.69) is 19.0 Å². The van der Waals surface area contributed by atoms with Gasteiger partial charge in [-0.25, -0.2) is 0 Å². The molecule has 3 unspecified atom stereocenters.